The first-order valence-corrected chi connectivity index (χ1v) is 11.7. The molecule has 0 aliphatic rings. The van der Waals surface area contributed by atoms with Gasteiger partial charge in [-0.2, -0.15) is 0 Å². The number of carbonyl (C=O) groups is 1. The predicted molar refractivity (Wildman–Crippen MR) is 122 cm³/mol. The third-order valence-corrected chi connectivity index (χ3v) is 5.98. The molecule has 166 valence electrons. The highest BCUT2D eigenvalue weighted by molar-refractivity contribution is 7.90. The Balaban J connectivity index is 1.87. The maximum absolute atomic E-state index is 11.8. The Hall–Kier alpha value is -4.11. The third kappa shape index (κ3) is 4.73. The smallest absolute Gasteiger partial charge is 0.337 e. The number of nitrogens with zero attached hydrogens (tertiary/aromatic N) is 3. The van der Waals surface area contributed by atoms with Crippen LogP contribution in [0.2, 0.25) is 0 Å². The van der Waals surface area contributed by atoms with Crippen molar-refractivity contribution in [2.75, 3.05) is 13.4 Å². The first kappa shape index (κ1) is 22.1. The quantitative estimate of drug-likeness (QED) is 0.446. The van der Waals surface area contributed by atoms with Crippen LogP contribution >= 0.6 is 0 Å². The molecule has 1 heterocycles. The van der Waals surface area contributed by atoms with Crippen LogP contribution in [0.1, 0.15) is 10.4 Å². The number of ether oxygens (including phenoxy) is 1. The lowest BCUT2D eigenvalue weighted by molar-refractivity contribution is 0.0600. The zero-order valence-electron chi connectivity index (χ0n) is 17.8. The van der Waals surface area contributed by atoms with Crippen LogP contribution in [0.4, 0.5) is 0 Å². The van der Waals surface area contributed by atoms with Gasteiger partial charge < -0.3 is 9.84 Å². The summed E-state index contributed by atoms with van der Waals surface area (Å²) in [5.41, 5.74) is 2.00. The first-order valence-electron chi connectivity index (χ1n) is 9.80. The molecule has 0 amide bonds. The summed E-state index contributed by atoms with van der Waals surface area (Å²) in [5, 5.41) is 10.5. The molecule has 0 atom stereocenters. The van der Waals surface area contributed by atoms with E-state index in [4.69, 9.17) is 4.74 Å². The maximum Gasteiger partial charge on any atom is 0.337 e. The molecular weight excluding hydrogens is 442 g/mol. The van der Waals surface area contributed by atoms with Crippen molar-refractivity contribution in [2.45, 2.75) is 4.90 Å². The second-order valence-electron chi connectivity index (χ2n) is 7.19. The number of phenols is 1. The molecule has 4 aromatic rings. The fourth-order valence-corrected chi connectivity index (χ4v) is 3.79. The number of sulfone groups is 1. The average Bonchev–Trinajstić information content (AvgIpc) is 2.83. The van der Waals surface area contributed by atoms with Crippen LogP contribution in [0.3, 0.4) is 0 Å². The van der Waals surface area contributed by atoms with Crippen molar-refractivity contribution < 1.29 is 23.1 Å². The summed E-state index contributed by atoms with van der Waals surface area (Å²) < 4.78 is 28.4. The van der Waals surface area contributed by atoms with E-state index in [1.807, 2.05) is 30.3 Å². The fraction of sp³-hybridized carbons (Fsp3) is 0.0833. The van der Waals surface area contributed by atoms with Crippen molar-refractivity contribution in [3.05, 3.63) is 78.4 Å². The lowest BCUT2D eigenvalue weighted by Crippen LogP contribution is -2.03. The molecule has 8 nitrogen and oxygen atoms in total. The zero-order valence-corrected chi connectivity index (χ0v) is 18.6. The number of aromatic nitrogens is 3. The van der Waals surface area contributed by atoms with Gasteiger partial charge in [0, 0.05) is 17.4 Å². The molecule has 3 aromatic carbocycles. The zero-order chi connectivity index (χ0) is 23.6. The molecule has 1 N–H and O–H groups in total. The lowest BCUT2D eigenvalue weighted by Gasteiger charge is -2.10. The molecule has 0 aliphatic carbocycles. The van der Waals surface area contributed by atoms with E-state index in [1.165, 1.54) is 25.3 Å². The van der Waals surface area contributed by atoms with Gasteiger partial charge in [-0.3, -0.25) is 0 Å². The summed E-state index contributed by atoms with van der Waals surface area (Å²) in [4.78, 5) is 25.3. The number of phenolic OH excluding ortho intramolecular Hbond substituents is 1. The van der Waals surface area contributed by atoms with E-state index in [9.17, 15) is 18.3 Å². The van der Waals surface area contributed by atoms with E-state index >= 15 is 0 Å². The second-order valence-corrected chi connectivity index (χ2v) is 9.21. The highest BCUT2D eigenvalue weighted by atomic mass is 32.2. The fourth-order valence-electron chi connectivity index (χ4n) is 3.15. The molecule has 0 spiro atoms. The van der Waals surface area contributed by atoms with Gasteiger partial charge in [0.1, 0.15) is 5.75 Å². The molecule has 0 unspecified atom stereocenters. The number of aromatic hydroxyl groups is 1. The molecule has 0 fully saturated rings. The minimum absolute atomic E-state index is 0.0142. The minimum Gasteiger partial charge on any atom is -0.507 e. The maximum atomic E-state index is 11.8. The SMILES string of the molecule is COC(=O)c1ccc(-c2nc(-c3ccccc3)nc(-c3ccc(S(C)(=O)=O)cc3O)n2)cc1. The Morgan fingerprint density at radius 3 is 1.94 bits per heavy atom. The van der Waals surface area contributed by atoms with Crippen molar-refractivity contribution in [1.82, 2.24) is 15.0 Å². The number of esters is 1. The first-order chi connectivity index (χ1) is 15.8. The van der Waals surface area contributed by atoms with E-state index in [0.29, 0.717) is 22.8 Å². The molecule has 0 saturated carbocycles. The van der Waals surface area contributed by atoms with Gasteiger partial charge in [0.2, 0.25) is 0 Å². The Bertz CT molecular complexity index is 1440. The molecule has 1 aromatic heterocycles. The predicted octanol–water partition coefficient (Wildman–Crippen LogP) is 3.77. The average molecular weight is 461 g/mol. The van der Waals surface area contributed by atoms with Crippen molar-refractivity contribution in [2.24, 2.45) is 0 Å². The van der Waals surface area contributed by atoms with E-state index in [2.05, 4.69) is 15.0 Å². The van der Waals surface area contributed by atoms with Gasteiger partial charge in [0.05, 0.1) is 23.1 Å². The lowest BCUT2D eigenvalue weighted by atomic mass is 10.1. The largest absolute Gasteiger partial charge is 0.507 e. The van der Waals surface area contributed by atoms with E-state index in [-0.39, 0.29) is 22.0 Å². The van der Waals surface area contributed by atoms with Crippen molar-refractivity contribution in [3.63, 3.8) is 0 Å². The van der Waals surface area contributed by atoms with Crippen LogP contribution in [0.15, 0.2) is 77.7 Å². The molecule has 9 heteroatoms. The Morgan fingerprint density at radius 2 is 1.39 bits per heavy atom. The summed E-state index contributed by atoms with van der Waals surface area (Å²) in [5.74, 6) is 0.142. The standard InChI is InChI=1S/C24H19N3O5S/c1-32-24(29)17-10-8-16(9-11-17)22-25-21(15-6-4-3-5-7-15)26-23(27-22)19-13-12-18(14-20(19)28)33(2,30)31/h3-14,28H,1-2H3. The van der Waals surface area contributed by atoms with Gasteiger partial charge in [0.15, 0.2) is 27.3 Å². The molecule has 33 heavy (non-hydrogen) atoms. The van der Waals surface area contributed by atoms with Gasteiger partial charge in [-0.15, -0.1) is 0 Å². The van der Waals surface area contributed by atoms with Crippen molar-refractivity contribution in [1.29, 1.82) is 0 Å². The number of carbonyl (C=O) groups excluding carboxylic acids is 1. The molecule has 0 bridgehead atoms. The summed E-state index contributed by atoms with van der Waals surface area (Å²) in [7, 11) is -2.18. The van der Waals surface area contributed by atoms with Gasteiger partial charge >= 0.3 is 5.97 Å². The summed E-state index contributed by atoms with van der Waals surface area (Å²) >= 11 is 0. The number of benzene rings is 3. The van der Waals surface area contributed by atoms with E-state index in [0.717, 1.165) is 11.8 Å². The Kier molecular flexibility index (Phi) is 5.89. The highest BCUT2D eigenvalue weighted by Crippen LogP contribution is 2.31. The Labute approximate surface area is 190 Å². The normalized spacial score (nSPS) is 11.2. The van der Waals surface area contributed by atoms with Gasteiger partial charge in [-0.25, -0.2) is 28.2 Å². The highest BCUT2D eigenvalue weighted by Gasteiger charge is 2.17. The minimum atomic E-state index is -3.49. The number of rotatable bonds is 5. The molecule has 4 rings (SSSR count). The number of hydrogen-bond donors (Lipinski definition) is 1. The van der Waals surface area contributed by atoms with E-state index in [1.54, 1.807) is 24.3 Å². The van der Waals surface area contributed by atoms with Gasteiger partial charge in [-0.05, 0) is 30.3 Å². The molecule has 0 radical (unpaired) electrons. The van der Waals surface area contributed by atoms with Gasteiger partial charge in [0.25, 0.3) is 0 Å². The second kappa shape index (κ2) is 8.79. The summed E-state index contributed by atoms with van der Waals surface area (Å²) in [6, 6.07) is 19.8. The van der Waals surface area contributed by atoms with Crippen LogP contribution in [0, 0.1) is 0 Å². The monoisotopic (exact) mass is 461 g/mol. The molecule has 0 aliphatic heterocycles. The van der Waals surface area contributed by atoms with E-state index < -0.39 is 15.8 Å². The molecule has 0 saturated heterocycles. The summed E-state index contributed by atoms with van der Waals surface area (Å²) in [6.45, 7) is 0. The van der Waals surface area contributed by atoms with Crippen LogP contribution in [-0.2, 0) is 14.6 Å². The Morgan fingerprint density at radius 1 is 0.818 bits per heavy atom. The topological polar surface area (TPSA) is 119 Å². The number of methoxy groups -OCH3 is 1. The van der Waals surface area contributed by atoms with Crippen molar-refractivity contribution >= 4 is 15.8 Å². The van der Waals surface area contributed by atoms with Crippen LogP contribution in [0.25, 0.3) is 34.2 Å². The van der Waals surface area contributed by atoms with Crippen LogP contribution in [-0.4, -0.2) is 47.8 Å². The van der Waals surface area contributed by atoms with Crippen molar-refractivity contribution in [3.8, 4) is 39.9 Å². The number of hydrogen-bond acceptors (Lipinski definition) is 8. The molecular formula is C24H19N3O5S. The third-order valence-electron chi connectivity index (χ3n) is 4.87. The summed E-state index contributed by atoms with van der Waals surface area (Å²) in [6.07, 6.45) is 1.06. The van der Waals surface area contributed by atoms with Crippen LogP contribution < -0.4 is 0 Å². The van der Waals surface area contributed by atoms with Gasteiger partial charge in [-0.1, -0.05) is 42.5 Å². The van der Waals surface area contributed by atoms with Crippen LogP contribution in [0.5, 0.6) is 5.75 Å².